The van der Waals surface area contributed by atoms with Crippen LogP contribution in [0.25, 0.3) is 87.6 Å². The van der Waals surface area contributed by atoms with E-state index in [9.17, 15) is 0 Å². The van der Waals surface area contributed by atoms with Crippen LogP contribution in [0.1, 0.15) is 50.7 Å². The average Bonchev–Trinajstić information content (AvgIpc) is 4.00. The molecule has 346 valence electrons. The predicted molar refractivity (Wildman–Crippen MR) is 310 cm³/mol. The van der Waals surface area contributed by atoms with Crippen molar-refractivity contribution in [2.24, 2.45) is 0 Å². The van der Waals surface area contributed by atoms with Gasteiger partial charge < -0.3 is 4.14 Å². The van der Waals surface area contributed by atoms with Gasteiger partial charge in [-0.2, -0.15) is 12.1 Å². The first-order valence-electron chi connectivity index (χ1n) is 24.1. The number of halogens is 2. The molecule has 0 N–H and O–H groups in total. The van der Waals surface area contributed by atoms with Crippen LogP contribution in [-0.4, -0.2) is 28.6 Å². The van der Waals surface area contributed by atoms with Crippen molar-refractivity contribution < 1.29 is 20.8 Å². The zero-order valence-electron chi connectivity index (χ0n) is 41.9. The van der Waals surface area contributed by atoms with Crippen LogP contribution in [0.3, 0.4) is 0 Å². The number of rotatable bonds is 8. The third kappa shape index (κ3) is 12.3. The van der Waals surface area contributed by atoms with Crippen molar-refractivity contribution in [2.75, 3.05) is 0 Å². The SMILES string of the molecule is CC(C)c1cc2c(-c3ccccc3-c3cccc4ccccc34)cccc2[cH-]1.CC(C)c1cc2c(-c3ccccc3-c3cccc4ccccc34)cccc2[cH-]1.[B]N([Si](C)(C)C)[Si](C)(C)C.[Cl][Zr+2][Cl]. The molecule has 0 aromatic heterocycles. The molecule has 2 radical (unpaired) electrons. The second-order valence-electron chi connectivity index (χ2n) is 20.4. The Bertz CT molecular complexity index is 3070. The van der Waals surface area contributed by atoms with Crippen LogP contribution in [0.4, 0.5) is 0 Å². The monoisotopic (exact) mass is 1050 g/mol. The van der Waals surface area contributed by atoms with Crippen LogP contribution in [0.5, 0.6) is 0 Å². The summed E-state index contributed by atoms with van der Waals surface area (Å²) in [6, 6.07) is 70.8. The van der Waals surface area contributed by atoms with Crippen LogP contribution < -0.4 is 0 Å². The average molecular weight is 1050 g/mol. The molecule has 0 heterocycles. The first-order chi connectivity index (χ1) is 33.0. The third-order valence-electron chi connectivity index (χ3n) is 12.9. The van der Waals surface area contributed by atoms with Crippen LogP contribution in [0, 0.1) is 0 Å². The number of hydrogen-bond acceptors (Lipinski definition) is 1. The molecule has 1 nitrogen and oxygen atoms in total. The van der Waals surface area contributed by atoms with Gasteiger partial charge in [-0.1, -0.05) is 224 Å². The third-order valence-corrected chi connectivity index (χ3v) is 19.8. The quantitative estimate of drug-likeness (QED) is 0.108. The Morgan fingerprint density at radius 3 is 0.957 bits per heavy atom. The molecule has 69 heavy (non-hydrogen) atoms. The van der Waals surface area contributed by atoms with Gasteiger partial charge in [0.15, 0.2) is 7.98 Å². The van der Waals surface area contributed by atoms with Crippen molar-refractivity contribution >= 4 is 84.6 Å². The summed E-state index contributed by atoms with van der Waals surface area (Å²) in [5.41, 5.74) is 13.2. The van der Waals surface area contributed by atoms with Gasteiger partial charge in [0.1, 0.15) is 16.5 Å². The summed E-state index contributed by atoms with van der Waals surface area (Å²) in [6.07, 6.45) is 0. The molecule has 0 aliphatic heterocycles. The maximum absolute atomic E-state index is 5.98. The summed E-state index contributed by atoms with van der Waals surface area (Å²) in [4.78, 5) is 0. The van der Waals surface area contributed by atoms with E-state index in [1.165, 1.54) is 98.7 Å². The van der Waals surface area contributed by atoms with E-state index >= 15 is 0 Å². The van der Waals surface area contributed by atoms with Crippen molar-refractivity contribution in [3.8, 4) is 44.5 Å². The Labute approximate surface area is 434 Å². The van der Waals surface area contributed by atoms with E-state index in [1.54, 1.807) is 0 Å². The van der Waals surface area contributed by atoms with Crippen molar-refractivity contribution in [3.63, 3.8) is 0 Å². The molecule has 0 amide bonds. The number of hydrogen-bond donors (Lipinski definition) is 0. The molecule has 0 spiro atoms. The molecule has 0 fully saturated rings. The predicted octanol–water partition coefficient (Wildman–Crippen LogP) is 19.8. The van der Waals surface area contributed by atoms with Crippen molar-refractivity contribution in [1.82, 2.24) is 4.14 Å². The summed E-state index contributed by atoms with van der Waals surface area (Å²) in [6.45, 7) is 22.7. The summed E-state index contributed by atoms with van der Waals surface area (Å²) < 4.78 is 2.15. The van der Waals surface area contributed by atoms with Gasteiger partial charge in [-0.15, -0.1) is 69.1 Å². The molecule has 0 saturated carbocycles. The van der Waals surface area contributed by atoms with Gasteiger partial charge in [-0.3, -0.25) is 0 Å². The summed E-state index contributed by atoms with van der Waals surface area (Å²) in [7, 11) is 13.4. The molecule has 0 unspecified atom stereocenters. The van der Waals surface area contributed by atoms with Crippen molar-refractivity contribution in [1.29, 1.82) is 0 Å². The normalized spacial score (nSPS) is 11.6. The standard InChI is InChI=1S/2C28H23.C6H18BNSi2.2ClH.Zr/c2*1-19(2)22-17-21-11-8-16-27(28(21)18-22)26-14-6-5-13-25(26)24-15-7-10-20-9-3-4-12-23(20)24;1-9(2,3)8(7)10(4,5)6;;;/h2*3-19H,1-2H3;1-6H3;2*1H;/q2*-1;;;;+4/p-2. The van der Waals surface area contributed by atoms with Crippen LogP contribution in [0.2, 0.25) is 39.3 Å². The van der Waals surface area contributed by atoms with E-state index in [4.69, 9.17) is 25.0 Å². The molecule has 0 aliphatic carbocycles. The van der Waals surface area contributed by atoms with Gasteiger partial charge in [0.25, 0.3) is 0 Å². The van der Waals surface area contributed by atoms with E-state index in [1.807, 2.05) is 0 Å². The zero-order chi connectivity index (χ0) is 49.5. The molecule has 0 aliphatic rings. The number of benzene rings is 8. The summed E-state index contributed by atoms with van der Waals surface area (Å²) in [5, 5.41) is 10.5. The topological polar surface area (TPSA) is 3.24 Å². The van der Waals surface area contributed by atoms with Crippen LogP contribution >= 0.6 is 17.0 Å². The van der Waals surface area contributed by atoms with E-state index in [-0.39, 0.29) is 0 Å². The van der Waals surface area contributed by atoms with Crippen molar-refractivity contribution in [2.45, 2.75) is 78.8 Å². The second-order valence-corrected chi connectivity index (χ2v) is 34.3. The molecule has 10 aromatic rings. The first kappa shape index (κ1) is 52.3. The molecule has 0 saturated heterocycles. The minimum atomic E-state index is -1.22. The zero-order valence-corrected chi connectivity index (χ0v) is 47.9. The van der Waals surface area contributed by atoms with E-state index in [0.29, 0.717) is 11.8 Å². The van der Waals surface area contributed by atoms with Gasteiger partial charge in [0, 0.05) is 0 Å². The molecular formula is C62H64BCl2NSi2Zr. The van der Waals surface area contributed by atoms with Gasteiger partial charge in [-0.25, -0.2) is 0 Å². The van der Waals surface area contributed by atoms with Gasteiger partial charge in [0.05, 0.1) is 0 Å². The van der Waals surface area contributed by atoms with Gasteiger partial charge >= 0.3 is 37.9 Å². The second kappa shape index (κ2) is 23.1. The number of nitrogens with zero attached hydrogens (tertiary/aromatic N) is 1. The van der Waals surface area contributed by atoms with Gasteiger partial charge in [0.2, 0.25) is 0 Å². The van der Waals surface area contributed by atoms with Crippen LogP contribution in [0.15, 0.2) is 194 Å². The molecule has 10 aromatic carbocycles. The Kier molecular flexibility index (Phi) is 17.5. The van der Waals surface area contributed by atoms with Crippen molar-refractivity contribution in [3.05, 3.63) is 205 Å². The molecule has 0 atom stereocenters. The summed E-state index contributed by atoms with van der Waals surface area (Å²) in [5.74, 6) is 1.07. The Morgan fingerprint density at radius 1 is 0.391 bits per heavy atom. The van der Waals surface area contributed by atoms with Gasteiger partial charge in [-0.05, 0) is 66.8 Å². The number of fused-ring (bicyclic) bond motifs is 4. The molecule has 10 rings (SSSR count). The summed E-state index contributed by atoms with van der Waals surface area (Å²) >= 11 is -0.826. The Hall–Kier alpha value is -4.58. The maximum atomic E-state index is 5.98. The molecule has 7 heteroatoms. The Morgan fingerprint density at radius 2 is 0.652 bits per heavy atom. The van der Waals surface area contributed by atoms with E-state index in [0.717, 1.165) is 0 Å². The Balaban J connectivity index is 0.000000163. The molecule has 0 bridgehead atoms. The molecular weight excluding hydrogens is 988 g/mol. The fourth-order valence-corrected chi connectivity index (χ4v) is 17.5. The van der Waals surface area contributed by atoms with Crippen LogP contribution in [-0.2, 0) is 20.8 Å². The van der Waals surface area contributed by atoms with E-state index in [2.05, 4.69) is 265 Å². The first-order valence-corrected chi connectivity index (χ1v) is 37.3. The fraction of sp³-hybridized carbons (Fsp3) is 0.194. The van der Waals surface area contributed by atoms with E-state index < -0.39 is 37.3 Å². The minimum absolute atomic E-state index is 0.536. The fourth-order valence-electron chi connectivity index (χ4n) is 9.48.